The van der Waals surface area contributed by atoms with Crippen LogP contribution in [0.15, 0.2) is 42.9 Å². The maximum absolute atomic E-state index is 11.2. The summed E-state index contributed by atoms with van der Waals surface area (Å²) in [7, 11) is 0. The Morgan fingerprint density at radius 3 is 2.89 bits per heavy atom. The lowest BCUT2D eigenvalue weighted by molar-refractivity contribution is 0.143. The number of carbonyl (C=O) groups is 1. The first-order chi connectivity index (χ1) is 13.3. The van der Waals surface area contributed by atoms with Crippen molar-refractivity contribution in [3.8, 4) is 16.9 Å². The molecule has 0 saturated carbocycles. The van der Waals surface area contributed by atoms with Crippen molar-refractivity contribution in [2.24, 2.45) is 5.92 Å². The van der Waals surface area contributed by atoms with Crippen LogP contribution in [-0.2, 0) is 0 Å². The lowest BCUT2D eigenvalue weighted by Crippen LogP contribution is -2.50. The van der Waals surface area contributed by atoms with Gasteiger partial charge in [-0.1, -0.05) is 31.5 Å². The van der Waals surface area contributed by atoms with Crippen LogP contribution < -0.4 is 10.1 Å². The van der Waals surface area contributed by atoms with E-state index >= 15 is 0 Å². The molecule has 8 heteroatoms. The van der Waals surface area contributed by atoms with E-state index in [2.05, 4.69) is 15.4 Å². The van der Waals surface area contributed by atoms with Crippen molar-refractivity contribution < 1.29 is 14.6 Å². The number of carboxylic acid groups (broad SMARTS) is 1. The molecular weight excluding hydrogens is 380 g/mol. The lowest BCUT2D eigenvalue weighted by Gasteiger charge is -2.31. The molecule has 2 heterocycles. The molecule has 1 atom stereocenters. The van der Waals surface area contributed by atoms with Crippen LogP contribution >= 0.6 is 11.6 Å². The number of aromatic nitrogens is 3. The number of hydrogen-bond donors (Lipinski definition) is 2. The maximum Gasteiger partial charge on any atom is 0.405 e. The Morgan fingerprint density at radius 2 is 2.21 bits per heavy atom. The SMILES string of the molecule is CC(C)CC(C)(COc1ccc(-c2cnn3cccnc23)cc1Cl)NC(=O)O. The lowest BCUT2D eigenvalue weighted by atomic mass is 9.91. The zero-order chi connectivity index (χ0) is 20.3. The third kappa shape index (κ3) is 4.54. The Bertz CT molecular complexity index is 988. The average molecular weight is 403 g/mol. The number of ether oxygens (including phenoxy) is 1. The number of nitrogens with zero attached hydrogens (tertiary/aromatic N) is 3. The molecule has 1 aromatic carbocycles. The molecule has 3 aromatic rings. The first-order valence-electron chi connectivity index (χ1n) is 8.99. The van der Waals surface area contributed by atoms with Gasteiger partial charge in [0.1, 0.15) is 12.4 Å². The fraction of sp³-hybridized carbons (Fsp3) is 0.350. The first kappa shape index (κ1) is 19.9. The highest BCUT2D eigenvalue weighted by Crippen LogP contribution is 2.32. The van der Waals surface area contributed by atoms with E-state index in [9.17, 15) is 4.79 Å². The van der Waals surface area contributed by atoms with Gasteiger partial charge >= 0.3 is 6.09 Å². The zero-order valence-electron chi connectivity index (χ0n) is 16.0. The first-order valence-corrected chi connectivity index (χ1v) is 9.37. The fourth-order valence-electron chi connectivity index (χ4n) is 3.36. The molecule has 0 aliphatic rings. The topological polar surface area (TPSA) is 88.8 Å². The van der Waals surface area contributed by atoms with Gasteiger partial charge in [-0.15, -0.1) is 0 Å². The molecule has 7 nitrogen and oxygen atoms in total. The summed E-state index contributed by atoms with van der Waals surface area (Å²) in [6, 6.07) is 7.28. The van der Waals surface area contributed by atoms with Crippen molar-refractivity contribution in [3.63, 3.8) is 0 Å². The van der Waals surface area contributed by atoms with Gasteiger partial charge in [-0.3, -0.25) is 0 Å². The molecule has 1 unspecified atom stereocenters. The van der Waals surface area contributed by atoms with Crippen molar-refractivity contribution in [2.75, 3.05) is 6.61 Å². The van der Waals surface area contributed by atoms with Gasteiger partial charge in [0, 0.05) is 18.0 Å². The predicted octanol–water partition coefficient (Wildman–Crippen LogP) is 4.50. The fourth-order valence-corrected chi connectivity index (χ4v) is 3.59. The number of rotatable bonds is 7. The summed E-state index contributed by atoms with van der Waals surface area (Å²) < 4.78 is 7.57. The molecule has 0 aliphatic heterocycles. The van der Waals surface area contributed by atoms with E-state index in [-0.39, 0.29) is 6.61 Å². The monoisotopic (exact) mass is 402 g/mol. The van der Waals surface area contributed by atoms with E-state index in [1.54, 1.807) is 29.0 Å². The molecule has 2 N–H and O–H groups in total. The van der Waals surface area contributed by atoms with Gasteiger partial charge in [-0.2, -0.15) is 5.10 Å². The summed E-state index contributed by atoms with van der Waals surface area (Å²) in [5.74, 6) is 0.804. The molecule has 1 amide bonds. The van der Waals surface area contributed by atoms with Crippen molar-refractivity contribution in [3.05, 3.63) is 47.9 Å². The average Bonchev–Trinajstić information content (AvgIpc) is 3.03. The Labute approximate surface area is 168 Å². The van der Waals surface area contributed by atoms with E-state index in [0.717, 1.165) is 16.8 Å². The van der Waals surface area contributed by atoms with E-state index in [0.29, 0.717) is 23.1 Å². The van der Waals surface area contributed by atoms with E-state index in [1.807, 2.05) is 39.1 Å². The molecular formula is C20H23ClN4O3. The molecule has 148 valence electrons. The molecule has 0 spiro atoms. The number of halogens is 1. The number of benzene rings is 1. The number of fused-ring (bicyclic) bond motifs is 1. The largest absolute Gasteiger partial charge is 0.490 e. The van der Waals surface area contributed by atoms with E-state index < -0.39 is 11.6 Å². The number of hydrogen-bond acceptors (Lipinski definition) is 4. The Balaban J connectivity index is 1.79. The minimum Gasteiger partial charge on any atom is -0.490 e. The van der Waals surface area contributed by atoms with Gasteiger partial charge in [0.15, 0.2) is 5.65 Å². The summed E-state index contributed by atoms with van der Waals surface area (Å²) in [4.78, 5) is 15.5. The second-order valence-electron chi connectivity index (χ2n) is 7.47. The Hall–Kier alpha value is -2.80. The van der Waals surface area contributed by atoms with Crippen LogP contribution in [0.2, 0.25) is 5.02 Å². The van der Waals surface area contributed by atoms with Gasteiger partial charge in [0.05, 0.1) is 16.8 Å². The smallest absolute Gasteiger partial charge is 0.405 e. The maximum atomic E-state index is 11.2. The van der Waals surface area contributed by atoms with E-state index in [1.165, 1.54) is 0 Å². The van der Waals surface area contributed by atoms with Crippen LogP contribution in [0, 0.1) is 5.92 Å². The molecule has 28 heavy (non-hydrogen) atoms. The zero-order valence-corrected chi connectivity index (χ0v) is 16.8. The van der Waals surface area contributed by atoms with Crippen LogP contribution in [0.3, 0.4) is 0 Å². The summed E-state index contributed by atoms with van der Waals surface area (Å²) in [6.45, 7) is 6.07. The van der Waals surface area contributed by atoms with E-state index in [4.69, 9.17) is 21.4 Å². The van der Waals surface area contributed by atoms with Gasteiger partial charge in [-0.05, 0) is 43.0 Å². The minimum atomic E-state index is -1.08. The molecule has 0 bridgehead atoms. The number of amides is 1. The molecule has 2 aromatic heterocycles. The van der Waals surface area contributed by atoms with Gasteiger partial charge in [0.2, 0.25) is 0 Å². The van der Waals surface area contributed by atoms with Crippen LogP contribution in [0.25, 0.3) is 16.8 Å². The second-order valence-corrected chi connectivity index (χ2v) is 7.88. The minimum absolute atomic E-state index is 0.175. The van der Waals surface area contributed by atoms with Crippen LogP contribution in [0.1, 0.15) is 27.2 Å². The van der Waals surface area contributed by atoms with Crippen LogP contribution in [0.5, 0.6) is 5.75 Å². The van der Waals surface area contributed by atoms with Gasteiger partial charge in [0.25, 0.3) is 0 Å². The predicted molar refractivity (Wildman–Crippen MR) is 108 cm³/mol. The molecule has 0 fully saturated rings. The third-order valence-corrected chi connectivity index (χ3v) is 4.63. The number of nitrogens with one attached hydrogen (secondary N) is 1. The Morgan fingerprint density at radius 1 is 1.43 bits per heavy atom. The highest BCUT2D eigenvalue weighted by Gasteiger charge is 2.29. The second kappa shape index (κ2) is 8.06. The normalized spacial score (nSPS) is 13.5. The third-order valence-electron chi connectivity index (χ3n) is 4.34. The standard InChI is InChI=1S/C20H23ClN4O3/c1-13(2)10-20(3,24-19(26)27)12-28-17-6-5-14(9-16(17)21)15-11-23-25-8-4-7-22-18(15)25/h4-9,11,13,24H,10,12H2,1-3H3,(H,26,27). The van der Waals surface area contributed by atoms with Gasteiger partial charge < -0.3 is 15.2 Å². The molecule has 3 rings (SSSR count). The van der Waals surface area contributed by atoms with Gasteiger partial charge in [-0.25, -0.2) is 14.3 Å². The van der Waals surface area contributed by atoms with Crippen molar-refractivity contribution >= 4 is 23.3 Å². The molecule has 0 aliphatic carbocycles. The van der Waals surface area contributed by atoms with Crippen LogP contribution in [0.4, 0.5) is 4.79 Å². The van der Waals surface area contributed by atoms with Crippen molar-refractivity contribution in [2.45, 2.75) is 32.7 Å². The summed E-state index contributed by atoms with van der Waals surface area (Å²) in [5.41, 5.74) is 1.77. The highest BCUT2D eigenvalue weighted by atomic mass is 35.5. The summed E-state index contributed by atoms with van der Waals surface area (Å²) >= 11 is 6.43. The quantitative estimate of drug-likeness (QED) is 0.607. The van der Waals surface area contributed by atoms with Crippen molar-refractivity contribution in [1.29, 1.82) is 0 Å². The van der Waals surface area contributed by atoms with Crippen LogP contribution in [-0.4, -0.2) is 37.9 Å². The summed E-state index contributed by atoms with van der Waals surface area (Å²) in [5, 5.41) is 16.4. The highest BCUT2D eigenvalue weighted by molar-refractivity contribution is 6.32. The summed E-state index contributed by atoms with van der Waals surface area (Å²) in [6.07, 6.45) is 4.85. The van der Waals surface area contributed by atoms with Crippen molar-refractivity contribution in [1.82, 2.24) is 19.9 Å². The molecule has 0 radical (unpaired) electrons. The Kier molecular flexibility index (Phi) is 5.74. The molecule has 0 saturated heterocycles.